The summed E-state index contributed by atoms with van der Waals surface area (Å²) >= 11 is 0. The van der Waals surface area contributed by atoms with Gasteiger partial charge in [0, 0.05) is 36.8 Å². The zero-order valence-electron chi connectivity index (χ0n) is 20.8. The Balaban J connectivity index is 1.52. The molecule has 1 atom stereocenters. The molecule has 1 aromatic carbocycles. The predicted octanol–water partition coefficient (Wildman–Crippen LogP) is 4.45. The van der Waals surface area contributed by atoms with Gasteiger partial charge >= 0.3 is 0 Å². The summed E-state index contributed by atoms with van der Waals surface area (Å²) in [7, 11) is 1.82. The lowest BCUT2D eigenvalue weighted by Crippen LogP contribution is -2.55. The SMILES string of the molecule is CCCCNC(=O)c1ccc2c(ccn2-c2ncc3c(n2)N(C2CCCC2)[C@H](CC)C(=O)N3C)c1. The number of hydrogen-bond donors (Lipinski definition) is 1. The first-order chi connectivity index (χ1) is 17.0. The van der Waals surface area contributed by atoms with E-state index >= 15 is 0 Å². The number of carbonyl (C=O) groups excluding carboxylic acids is 2. The van der Waals surface area contributed by atoms with E-state index in [1.807, 2.05) is 42.1 Å². The fraction of sp³-hybridized carbons (Fsp3) is 0.481. The maximum Gasteiger partial charge on any atom is 0.251 e. The van der Waals surface area contributed by atoms with Crippen LogP contribution in [-0.4, -0.2) is 52.0 Å². The highest BCUT2D eigenvalue weighted by molar-refractivity contribution is 6.04. The third kappa shape index (κ3) is 4.15. The summed E-state index contributed by atoms with van der Waals surface area (Å²) < 4.78 is 1.96. The Morgan fingerprint density at radius 2 is 1.97 bits per heavy atom. The molecule has 0 spiro atoms. The van der Waals surface area contributed by atoms with Gasteiger partial charge in [-0.25, -0.2) is 4.98 Å². The Labute approximate surface area is 206 Å². The van der Waals surface area contributed by atoms with Crippen molar-refractivity contribution in [3.63, 3.8) is 0 Å². The molecule has 2 aromatic heterocycles. The minimum Gasteiger partial charge on any atom is -0.352 e. The number of unbranched alkanes of at least 4 members (excludes halogenated alkanes) is 1. The molecule has 0 saturated heterocycles. The molecular formula is C27H34N6O2. The normalized spacial score (nSPS) is 18.4. The number of hydrogen-bond acceptors (Lipinski definition) is 5. The number of likely N-dealkylation sites (N-methyl/N-ethyl adjacent to an activating group) is 1. The monoisotopic (exact) mass is 474 g/mol. The number of amides is 2. The number of nitrogens with one attached hydrogen (secondary N) is 1. The third-order valence-corrected chi connectivity index (χ3v) is 7.38. The van der Waals surface area contributed by atoms with Crippen LogP contribution in [-0.2, 0) is 4.79 Å². The van der Waals surface area contributed by atoms with Crippen molar-refractivity contribution in [3.05, 3.63) is 42.2 Å². The van der Waals surface area contributed by atoms with Gasteiger partial charge in [0.25, 0.3) is 5.91 Å². The Hall–Kier alpha value is -3.42. The lowest BCUT2D eigenvalue weighted by atomic mass is 10.0. The number of fused-ring (bicyclic) bond motifs is 2. The molecule has 35 heavy (non-hydrogen) atoms. The predicted molar refractivity (Wildman–Crippen MR) is 138 cm³/mol. The highest BCUT2D eigenvalue weighted by atomic mass is 16.2. The van der Waals surface area contributed by atoms with Crippen LogP contribution in [0.3, 0.4) is 0 Å². The molecule has 2 amide bonds. The van der Waals surface area contributed by atoms with Gasteiger partial charge in [-0.05, 0) is 49.9 Å². The molecule has 3 aromatic rings. The molecule has 184 valence electrons. The standard InChI is InChI=1S/C27H34N6O2/c1-4-6-14-28-25(34)19-11-12-22-18(16-19)13-15-32(22)27-29-17-23-24(30-27)33(20-9-7-8-10-20)21(5-2)26(35)31(23)3/h11-13,15-17,20-21H,4-10,14H2,1-3H3,(H,28,34)/t21-/m1/s1. The molecule has 0 unspecified atom stereocenters. The summed E-state index contributed by atoms with van der Waals surface area (Å²) in [6.45, 7) is 4.86. The fourth-order valence-electron chi connectivity index (χ4n) is 5.43. The summed E-state index contributed by atoms with van der Waals surface area (Å²) in [4.78, 5) is 39.3. The summed E-state index contributed by atoms with van der Waals surface area (Å²) in [5, 5.41) is 3.94. The van der Waals surface area contributed by atoms with Gasteiger partial charge in [-0.2, -0.15) is 4.98 Å². The number of nitrogens with zero attached hydrogens (tertiary/aromatic N) is 5. The molecule has 3 heterocycles. The first-order valence-corrected chi connectivity index (χ1v) is 12.9. The van der Waals surface area contributed by atoms with E-state index in [0.717, 1.165) is 54.5 Å². The maximum absolute atomic E-state index is 13.1. The van der Waals surface area contributed by atoms with Crippen LogP contribution in [0.25, 0.3) is 16.9 Å². The molecule has 1 aliphatic heterocycles. The van der Waals surface area contributed by atoms with Crippen molar-refractivity contribution < 1.29 is 9.59 Å². The highest BCUT2D eigenvalue weighted by Crippen LogP contribution is 2.39. The molecule has 8 nitrogen and oxygen atoms in total. The van der Waals surface area contributed by atoms with E-state index < -0.39 is 0 Å². The number of rotatable bonds is 7. The van der Waals surface area contributed by atoms with Crippen molar-refractivity contribution in [1.82, 2.24) is 19.9 Å². The molecule has 1 N–H and O–H groups in total. The van der Waals surface area contributed by atoms with Crippen LogP contribution in [0.2, 0.25) is 0 Å². The fourth-order valence-corrected chi connectivity index (χ4v) is 5.43. The van der Waals surface area contributed by atoms with Crippen LogP contribution < -0.4 is 15.1 Å². The zero-order valence-corrected chi connectivity index (χ0v) is 20.8. The van der Waals surface area contributed by atoms with E-state index in [4.69, 9.17) is 4.98 Å². The van der Waals surface area contributed by atoms with Crippen LogP contribution in [0.1, 0.15) is 69.2 Å². The third-order valence-electron chi connectivity index (χ3n) is 7.38. The van der Waals surface area contributed by atoms with Crippen LogP contribution in [0.4, 0.5) is 11.5 Å². The van der Waals surface area contributed by atoms with Crippen molar-refractivity contribution in [2.24, 2.45) is 0 Å². The Kier molecular flexibility index (Phi) is 6.45. The second-order valence-corrected chi connectivity index (χ2v) is 9.61. The molecule has 1 saturated carbocycles. The van der Waals surface area contributed by atoms with Crippen molar-refractivity contribution in [2.45, 2.75) is 70.9 Å². The van der Waals surface area contributed by atoms with Crippen molar-refractivity contribution in [3.8, 4) is 5.95 Å². The van der Waals surface area contributed by atoms with Gasteiger partial charge in [-0.1, -0.05) is 33.1 Å². The number of carbonyl (C=O) groups is 2. The summed E-state index contributed by atoms with van der Waals surface area (Å²) in [5.41, 5.74) is 2.35. The van der Waals surface area contributed by atoms with Gasteiger partial charge in [0.1, 0.15) is 11.7 Å². The van der Waals surface area contributed by atoms with Gasteiger partial charge in [0.15, 0.2) is 5.82 Å². The average molecular weight is 475 g/mol. The zero-order chi connectivity index (χ0) is 24.5. The van der Waals surface area contributed by atoms with Gasteiger partial charge in [-0.15, -0.1) is 0 Å². The van der Waals surface area contributed by atoms with E-state index in [1.165, 1.54) is 12.8 Å². The van der Waals surface area contributed by atoms with Gasteiger partial charge in [0.2, 0.25) is 11.9 Å². The average Bonchev–Trinajstić information content (AvgIpc) is 3.55. The van der Waals surface area contributed by atoms with Gasteiger partial charge < -0.3 is 15.1 Å². The first-order valence-electron chi connectivity index (χ1n) is 12.9. The van der Waals surface area contributed by atoms with Gasteiger partial charge in [0.05, 0.1) is 11.7 Å². The lowest BCUT2D eigenvalue weighted by Gasteiger charge is -2.43. The smallest absolute Gasteiger partial charge is 0.251 e. The van der Waals surface area contributed by atoms with E-state index in [-0.39, 0.29) is 17.9 Å². The summed E-state index contributed by atoms with van der Waals surface area (Å²) in [6.07, 6.45) is 11.0. The van der Waals surface area contributed by atoms with Crippen LogP contribution in [0.15, 0.2) is 36.7 Å². The van der Waals surface area contributed by atoms with Crippen LogP contribution >= 0.6 is 0 Å². The Bertz CT molecular complexity index is 1250. The molecule has 5 rings (SSSR count). The number of aromatic nitrogens is 3. The van der Waals surface area contributed by atoms with E-state index in [2.05, 4.69) is 29.0 Å². The molecule has 1 fully saturated rings. The topological polar surface area (TPSA) is 83.4 Å². The molecule has 2 aliphatic rings. The minimum atomic E-state index is -0.200. The Morgan fingerprint density at radius 3 is 2.71 bits per heavy atom. The Morgan fingerprint density at radius 1 is 1.17 bits per heavy atom. The van der Waals surface area contributed by atoms with Crippen molar-refractivity contribution in [2.75, 3.05) is 23.4 Å². The van der Waals surface area contributed by atoms with Crippen molar-refractivity contribution in [1.29, 1.82) is 0 Å². The van der Waals surface area contributed by atoms with E-state index in [0.29, 0.717) is 24.1 Å². The quantitative estimate of drug-likeness (QED) is 0.512. The summed E-state index contributed by atoms with van der Waals surface area (Å²) in [5.74, 6) is 1.46. The first kappa shape index (κ1) is 23.3. The molecule has 0 radical (unpaired) electrons. The van der Waals surface area contributed by atoms with Crippen molar-refractivity contribution >= 4 is 34.2 Å². The second-order valence-electron chi connectivity index (χ2n) is 9.61. The maximum atomic E-state index is 13.1. The number of anilines is 2. The second kappa shape index (κ2) is 9.68. The molecular weight excluding hydrogens is 440 g/mol. The summed E-state index contributed by atoms with van der Waals surface area (Å²) in [6, 6.07) is 7.83. The molecule has 8 heteroatoms. The minimum absolute atomic E-state index is 0.0522. The van der Waals surface area contributed by atoms with Crippen LogP contribution in [0.5, 0.6) is 0 Å². The van der Waals surface area contributed by atoms with E-state index in [1.54, 1.807) is 11.1 Å². The van der Waals surface area contributed by atoms with E-state index in [9.17, 15) is 9.59 Å². The molecule has 1 aliphatic carbocycles. The largest absolute Gasteiger partial charge is 0.352 e. The highest BCUT2D eigenvalue weighted by Gasteiger charge is 2.41. The number of benzene rings is 1. The lowest BCUT2D eigenvalue weighted by molar-refractivity contribution is -0.120. The van der Waals surface area contributed by atoms with Crippen LogP contribution in [0, 0.1) is 0 Å². The van der Waals surface area contributed by atoms with Gasteiger partial charge in [-0.3, -0.25) is 14.2 Å². The molecule has 0 bridgehead atoms.